The van der Waals surface area contributed by atoms with E-state index in [2.05, 4.69) is 5.32 Å². The molecule has 162 valence electrons. The van der Waals surface area contributed by atoms with Crippen LogP contribution < -0.4 is 20.8 Å². The van der Waals surface area contributed by atoms with E-state index < -0.39 is 12.1 Å². The molecule has 0 radical (unpaired) electrons. The molecule has 1 N–H and O–H groups in total. The van der Waals surface area contributed by atoms with Gasteiger partial charge in [-0.25, -0.2) is 4.79 Å². The molecule has 0 spiro atoms. The molecule has 1 aromatic carbocycles. The number of rotatable bonds is 6. The van der Waals surface area contributed by atoms with Gasteiger partial charge in [0.1, 0.15) is 11.3 Å². The number of fused-ring (bicyclic) bond motifs is 1. The van der Waals surface area contributed by atoms with Gasteiger partial charge in [0.05, 0.1) is 5.39 Å². The number of hydrogen-bond acceptors (Lipinski definition) is 6. The Kier molecular flexibility index (Phi) is 6.48. The maximum absolute atomic E-state index is 12.6. The monoisotopic (exact) mass is 414 g/mol. The van der Waals surface area contributed by atoms with Gasteiger partial charge in [0, 0.05) is 18.1 Å². The fourth-order valence-corrected chi connectivity index (χ4v) is 4.02. The maximum atomic E-state index is 12.6. The Hall–Kier alpha value is -2.83. The van der Waals surface area contributed by atoms with Gasteiger partial charge in [-0.15, -0.1) is 0 Å². The molecule has 0 bridgehead atoms. The van der Waals surface area contributed by atoms with Gasteiger partial charge in [0.15, 0.2) is 6.10 Å². The van der Waals surface area contributed by atoms with E-state index in [0.717, 1.165) is 24.0 Å². The Balaban J connectivity index is 1.67. The van der Waals surface area contributed by atoms with Gasteiger partial charge in [0.25, 0.3) is 5.91 Å². The highest BCUT2D eigenvalue weighted by Crippen LogP contribution is 2.32. The van der Waals surface area contributed by atoms with Crippen molar-refractivity contribution in [3.05, 3.63) is 39.2 Å². The van der Waals surface area contributed by atoms with Crippen LogP contribution in [0, 0.1) is 32.6 Å². The molecule has 1 saturated carbocycles. The van der Waals surface area contributed by atoms with Gasteiger partial charge in [0.2, 0.25) is 0 Å². The lowest BCUT2D eigenvalue weighted by atomic mass is 9.82. The van der Waals surface area contributed by atoms with E-state index in [1.807, 2.05) is 19.9 Å². The zero-order chi connectivity index (χ0) is 22.0. The number of aryl methyl sites for hydroxylation is 2. The molecule has 3 rings (SSSR count). The normalized spacial score (nSPS) is 20.0. The molecular formula is C23H28NO6-. The van der Waals surface area contributed by atoms with Crippen LogP contribution in [0.3, 0.4) is 0 Å². The second-order valence-corrected chi connectivity index (χ2v) is 8.32. The first kappa shape index (κ1) is 21.9. The van der Waals surface area contributed by atoms with Crippen molar-refractivity contribution in [3.63, 3.8) is 0 Å². The highest BCUT2D eigenvalue weighted by atomic mass is 16.5. The fourth-order valence-electron chi connectivity index (χ4n) is 4.02. The van der Waals surface area contributed by atoms with Crippen LogP contribution in [0.1, 0.15) is 49.3 Å². The first-order valence-electron chi connectivity index (χ1n) is 10.4. The number of nitrogens with one attached hydrogen (secondary N) is 1. The Morgan fingerprint density at radius 1 is 1.17 bits per heavy atom. The molecule has 1 amide bonds. The lowest BCUT2D eigenvalue weighted by Crippen LogP contribution is -2.40. The van der Waals surface area contributed by atoms with E-state index in [4.69, 9.17) is 9.15 Å². The largest absolute Gasteiger partial charge is 0.550 e. The first-order valence-corrected chi connectivity index (χ1v) is 10.4. The van der Waals surface area contributed by atoms with Crippen molar-refractivity contribution in [1.82, 2.24) is 5.32 Å². The summed E-state index contributed by atoms with van der Waals surface area (Å²) in [5, 5.41) is 14.6. The van der Waals surface area contributed by atoms with Crippen LogP contribution in [-0.2, 0) is 9.59 Å². The van der Waals surface area contributed by atoms with Gasteiger partial charge in [-0.1, -0.05) is 0 Å². The number of ether oxygens (including phenoxy) is 1. The summed E-state index contributed by atoms with van der Waals surface area (Å²) in [6, 6.07) is 3.61. The van der Waals surface area contributed by atoms with E-state index in [1.54, 1.807) is 19.9 Å². The van der Waals surface area contributed by atoms with Crippen LogP contribution >= 0.6 is 0 Å². The summed E-state index contributed by atoms with van der Waals surface area (Å²) < 4.78 is 11.4. The van der Waals surface area contributed by atoms with E-state index in [9.17, 15) is 19.5 Å². The number of carboxylic acid groups (broad SMARTS) is 1. The molecule has 1 aromatic heterocycles. The predicted molar refractivity (Wildman–Crippen MR) is 110 cm³/mol. The van der Waals surface area contributed by atoms with Gasteiger partial charge < -0.3 is 24.4 Å². The number of carboxylic acids is 1. The van der Waals surface area contributed by atoms with Gasteiger partial charge in [-0.3, -0.25) is 4.79 Å². The molecule has 1 atom stereocenters. The van der Waals surface area contributed by atoms with Crippen LogP contribution in [0.15, 0.2) is 21.3 Å². The lowest BCUT2D eigenvalue weighted by molar-refractivity contribution is -0.312. The van der Waals surface area contributed by atoms with E-state index >= 15 is 0 Å². The molecule has 7 nitrogen and oxygen atoms in total. The highest BCUT2D eigenvalue weighted by Gasteiger charge is 2.24. The molecule has 1 heterocycles. The summed E-state index contributed by atoms with van der Waals surface area (Å²) >= 11 is 0. The molecule has 0 aliphatic heterocycles. The third-order valence-electron chi connectivity index (χ3n) is 6.07. The average molecular weight is 414 g/mol. The molecule has 1 aliphatic rings. The number of hydrogen-bond donors (Lipinski definition) is 1. The minimum atomic E-state index is -0.980. The lowest BCUT2D eigenvalue weighted by Gasteiger charge is -2.29. The van der Waals surface area contributed by atoms with Crippen molar-refractivity contribution in [2.24, 2.45) is 11.8 Å². The van der Waals surface area contributed by atoms with Crippen molar-refractivity contribution in [1.29, 1.82) is 0 Å². The molecule has 0 unspecified atom stereocenters. The molecule has 0 saturated heterocycles. The van der Waals surface area contributed by atoms with Gasteiger partial charge in [-0.2, -0.15) is 0 Å². The van der Waals surface area contributed by atoms with Crippen molar-refractivity contribution in [3.8, 4) is 5.75 Å². The van der Waals surface area contributed by atoms with Crippen LogP contribution in [0.5, 0.6) is 5.75 Å². The minimum Gasteiger partial charge on any atom is -0.550 e. The second-order valence-electron chi connectivity index (χ2n) is 8.32. The number of benzene rings is 1. The molecular weight excluding hydrogens is 386 g/mol. The van der Waals surface area contributed by atoms with E-state index in [0.29, 0.717) is 41.7 Å². The van der Waals surface area contributed by atoms with Crippen molar-refractivity contribution in [2.45, 2.75) is 59.5 Å². The maximum Gasteiger partial charge on any atom is 0.339 e. The van der Waals surface area contributed by atoms with E-state index in [1.165, 1.54) is 0 Å². The Bertz CT molecular complexity index is 1020. The quantitative estimate of drug-likeness (QED) is 0.726. The molecule has 1 aliphatic carbocycles. The molecule has 30 heavy (non-hydrogen) atoms. The van der Waals surface area contributed by atoms with Crippen LogP contribution in [-0.4, -0.2) is 24.5 Å². The minimum absolute atomic E-state index is 0.238. The third-order valence-corrected chi connectivity index (χ3v) is 6.07. The number of carbonyl (C=O) groups excluding carboxylic acids is 2. The van der Waals surface area contributed by atoms with Crippen molar-refractivity contribution < 1.29 is 23.8 Å². The van der Waals surface area contributed by atoms with Gasteiger partial charge in [-0.05, 0) is 88.5 Å². The third kappa shape index (κ3) is 4.66. The summed E-state index contributed by atoms with van der Waals surface area (Å²) in [5.74, 6) is -0.826. The summed E-state index contributed by atoms with van der Waals surface area (Å²) in [7, 11) is 0. The SMILES string of the molecule is Cc1cc(O[C@H](C)C(=O)NCC2CCC(C(=O)[O-])CC2)c2c(C)c(C)c(=O)oc2c1. The van der Waals surface area contributed by atoms with Crippen LogP contribution in [0.2, 0.25) is 0 Å². The first-order chi connectivity index (χ1) is 14.2. The number of amides is 1. The van der Waals surface area contributed by atoms with E-state index in [-0.39, 0.29) is 23.4 Å². The number of aliphatic carboxylic acids is 1. The van der Waals surface area contributed by atoms with Crippen LogP contribution in [0.4, 0.5) is 0 Å². The van der Waals surface area contributed by atoms with Crippen molar-refractivity contribution in [2.75, 3.05) is 6.54 Å². The summed E-state index contributed by atoms with van der Waals surface area (Å²) in [6.07, 6.45) is 1.96. The van der Waals surface area contributed by atoms with Crippen molar-refractivity contribution >= 4 is 22.8 Å². The molecule has 1 fully saturated rings. The zero-order valence-corrected chi connectivity index (χ0v) is 17.9. The topological polar surface area (TPSA) is 109 Å². The standard InChI is InChI=1S/C23H29NO6/c1-12-9-18(20-13(2)14(3)23(28)30-19(20)10-12)29-15(4)21(25)24-11-16-5-7-17(8-6-16)22(26)27/h9-10,15-17H,5-8,11H2,1-4H3,(H,24,25)(H,26,27)/p-1/t15-,16?,17?/m1/s1. The van der Waals surface area contributed by atoms with Gasteiger partial charge >= 0.3 is 5.63 Å². The zero-order valence-electron chi connectivity index (χ0n) is 17.9. The average Bonchev–Trinajstić information content (AvgIpc) is 2.70. The second kappa shape index (κ2) is 8.90. The Morgan fingerprint density at radius 3 is 2.47 bits per heavy atom. The predicted octanol–water partition coefficient (Wildman–Crippen LogP) is 2.16. The Labute approximate surface area is 175 Å². The smallest absolute Gasteiger partial charge is 0.339 e. The molecule has 7 heteroatoms. The Morgan fingerprint density at radius 2 is 1.83 bits per heavy atom. The molecule has 2 aromatic rings. The summed E-state index contributed by atoms with van der Waals surface area (Å²) in [5.41, 5.74) is 2.21. The summed E-state index contributed by atoms with van der Waals surface area (Å²) in [6.45, 7) is 7.58. The number of carbonyl (C=O) groups is 2. The summed E-state index contributed by atoms with van der Waals surface area (Å²) in [4.78, 5) is 35.5. The fraction of sp³-hybridized carbons (Fsp3) is 0.522. The highest BCUT2D eigenvalue weighted by molar-refractivity contribution is 5.89. The van der Waals surface area contributed by atoms with Crippen LogP contribution in [0.25, 0.3) is 11.0 Å².